The van der Waals surface area contributed by atoms with Crippen LogP contribution in [0.4, 0.5) is 10.7 Å². The van der Waals surface area contributed by atoms with Crippen LogP contribution in [0.5, 0.6) is 0 Å². The molecule has 0 spiro atoms. The molecule has 0 saturated carbocycles. The van der Waals surface area contributed by atoms with E-state index >= 15 is 0 Å². The van der Waals surface area contributed by atoms with Crippen LogP contribution in [-0.4, -0.2) is 53.3 Å². The maximum atomic E-state index is 13.0. The van der Waals surface area contributed by atoms with Gasteiger partial charge in [0, 0.05) is 25.1 Å². The minimum atomic E-state index is -3.69. The normalized spacial score (nSPS) is 13.3. The second kappa shape index (κ2) is 11.1. The summed E-state index contributed by atoms with van der Waals surface area (Å²) in [5, 5.41) is 6.22. The summed E-state index contributed by atoms with van der Waals surface area (Å²) in [7, 11) is -2.08. The number of fused-ring (bicyclic) bond motifs is 1. The summed E-state index contributed by atoms with van der Waals surface area (Å²) < 4.78 is 31.0. The lowest BCUT2D eigenvalue weighted by molar-refractivity contribution is -0.114. The molecule has 1 aliphatic rings. The molecule has 2 N–H and O–H groups in total. The van der Waals surface area contributed by atoms with E-state index in [1.54, 1.807) is 32.2 Å². The second-order valence-electron chi connectivity index (χ2n) is 8.12. The number of aryl methyl sites for hydroxylation is 2. The van der Waals surface area contributed by atoms with Gasteiger partial charge in [0.1, 0.15) is 11.5 Å². The SMILES string of the molecule is COCCCNC(=O)c1c(NC(=O)CN(c2ccccc2C)S(C)(=O)=O)sc2c1CCCC2. The maximum Gasteiger partial charge on any atom is 0.254 e. The first-order valence-corrected chi connectivity index (χ1v) is 13.6. The molecule has 0 radical (unpaired) electrons. The lowest BCUT2D eigenvalue weighted by atomic mass is 9.95. The molecule has 0 fully saturated rings. The third-order valence-electron chi connectivity index (χ3n) is 5.53. The maximum absolute atomic E-state index is 13.0. The molecule has 3 rings (SSSR count). The molecule has 2 aromatic rings. The Morgan fingerprint density at radius 1 is 1.18 bits per heavy atom. The number of carbonyl (C=O) groups is 2. The zero-order chi connectivity index (χ0) is 24.0. The Balaban J connectivity index is 1.83. The highest BCUT2D eigenvalue weighted by Gasteiger charge is 2.28. The Hall–Kier alpha value is -2.43. The van der Waals surface area contributed by atoms with Crippen LogP contribution < -0.4 is 14.9 Å². The first-order valence-electron chi connectivity index (χ1n) is 11.0. The molecule has 0 bridgehead atoms. The van der Waals surface area contributed by atoms with Crippen molar-refractivity contribution in [2.45, 2.75) is 39.0 Å². The number of rotatable bonds is 10. The molecule has 33 heavy (non-hydrogen) atoms. The number of para-hydroxylation sites is 1. The number of anilines is 2. The van der Waals surface area contributed by atoms with E-state index in [-0.39, 0.29) is 12.5 Å². The van der Waals surface area contributed by atoms with Crippen molar-refractivity contribution in [3.8, 4) is 0 Å². The van der Waals surface area contributed by atoms with Gasteiger partial charge in [0.25, 0.3) is 5.91 Å². The number of ether oxygens (including phenoxy) is 1. The lowest BCUT2D eigenvalue weighted by Gasteiger charge is -2.23. The van der Waals surface area contributed by atoms with E-state index in [2.05, 4.69) is 10.6 Å². The molecule has 10 heteroatoms. The fourth-order valence-corrected chi connectivity index (χ4v) is 6.14. The number of thiophene rings is 1. The highest BCUT2D eigenvalue weighted by atomic mass is 32.2. The fourth-order valence-electron chi connectivity index (χ4n) is 3.92. The van der Waals surface area contributed by atoms with Crippen LogP contribution in [0.15, 0.2) is 24.3 Å². The second-order valence-corrected chi connectivity index (χ2v) is 11.1. The molecule has 1 aliphatic carbocycles. The Labute approximate surface area is 199 Å². The van der Waals surface area contributed by atoms with E-state index in [4.69, 9.17) is 4.74 Å². The molecule has 2 amide bonds. The van der Waals surface area contributed by atoms with Gasteiger partial charge in [-0.1, -0.05) is 18.2 Å². The number of hydrogen-bond acceptors (Lipinski definition) is 6. The monoisotopic (exact) mass is 493 g/mol. The molecule has 1 aromatic carbocycles. The number of benzene rings is 1. The standard InChI is InChI=1S/C23H31N3O5S2/c1-16-9-4-6-11-18(16)26(33(3,29)30)15-20(27)25-23-21(22(28)24-13-8-14-31-2)17-10-5-7-12-19(17)32-23/h4,6,9,11H,5,7-8,10,12-15H2,1-3H3,(H,24,28)(H,25,27). The van der Waals surface area contributed by atoms with Crippen molar-refractivity contribution < 1.29 is 22.7 Å². The zero-order valence-electron chi connectivity index (χ0n) is 19.3. The van der Waals surface area contributed by atoms with E-state index in [0.29, 0.717) is 35.8 Å². The van der Waals surface area contributed by atoms with Crippen molar-refractivity contribution in [1.29, 1.82) is 0 Å². The smallest absolute Gasteiger partial charge is 0.254 e. The van der Waals surface area contributed by atoms with Gasteiger partial charge in [-0.3, -0.25) is 13.9 Å². The predicted octanol–water partition coefficient (Wildman–Crippen LogP) is 3.11. The summed E-state index contributed by atoms with van der Waals surface area (Å²) in [5.74, 6) is -0.713. The molecular weight excluding hydrogens is 462 g/mol. The van der Waals surface area contributed by atoms with Crippen LogP contribution in [0.1, 0.15) is 45.6 Å². The number of amides is 2. The van der Waals surface area contributed by atoms with Gasteiger partial charge in [0.2, 0.25) is 15.9 Å². The highest BCUT2D eigenvalue weighted by Crippen LogP contribution is 2.38. The minimum Gasteiger partial charge on any atom is -0.385 e. The number of methoxy groups -OCH3 is 1. The summed E-state index contributed by atoms with van der Waals surface area (Å²) in [5.41, 5.74) is 2.70. The van der Waals surface area contributed by atoms with E-state index in [1.807, 2.05) is 6.07 Å². The lowest BCUT2D eigenvalue weighted by Crippen LogP contribution is -2.38. The van der Waals surface area contributed by atoms with Crippen molar-refractivity contribution in [2.75, 3.05) is 42.7 Å². The van der Waals surface area contributed by atoms with Crippen molar-refractivity contribution in [2.24, 2.45) is 0 Å². The number of nitrogens with one attached hydrogen (secondary N) is 2. The van der Waals surface area contributed by atoms with E-state index < -0.39 is 15.9 Å². The molecule has 0 atom stereocenters. The molecule has 8 nitrogen and oxygen atoms in total. The van der Waals surface area contributed by atoms with Gasteiger partial charge in [-0.15, -0.1) is 11.3 Å². The molecule has 1 aromatic heterocycles. The first kappa shape index (κ1) is 25.2. The Morgan fingerprint density at radius 3 is 2.61 bits per heavy atom. The van der Waals surface area contributed by atoms with Crippen LogP contribution in [0.2, 0.25) is 0 Å². The van der Waals surface area contributed by atoms with Gasteiger partial charge in [-0.25, -0.2) is 8.42 Å². The third-order valence-corrected chi connectivity index (χ3v) is 7.87. The van der Waals surface area contributed by atoms with Gasteiger partial charge in [-0.05, 0) is 56.2 Å². The van der Waals surface area contributed by atoms with Crippen molar-refractivity contribution >= 4 is 43.9 Å². The molecule has 1 heterocycles. The number of hydrogen-bond donors (Lipinski definition) is 2. The van der Waals surface area contributed by atoms with Gasteiger partial charge >= 0.3 is 0 Å². The average Bonchev–Trinajstić information content (AvgIpc) is 3.12. The van der Waals surface area contributed by atoms with Gasteiger partial charge in [0.05, 0.1) is 17.5 Å². The van der Waals surface area contributed by atoms with Crippen LogP contribution in [0.25, 0.3) is 0 Å². The fraction of sp³-hybridized carbons (Fsp3) is 0.478. The topological polar surface area (TPSA) is 105 Å². The van der Waals surface area contributed by atoms with Crippen LogP contribution >= 0.6 is 11.3 Å². The van der Waals surface area contributed by atoms with Gasteiger partial charge < -0.3 is 15.4 Å². The summed E-state index contributed by atoms with van der Waals surface area (Å²) in [6.45, 7) is 2.44. The summed E-state index contributed by atoms with van der Waals surface area (Å²) in [6.07, 6.45) is 5.48. The number of carbonyl (C=O) groups excluding carboxylic acids is 2. The van der Waals surface area contributed by atoms with Gasteiger partial charge in [-0.2, -0.15) is 0 Å². The third kappa shape index (κ3) is 6.33. The minimum absolute atomic E-state index is 0.223. The summed E-state index contributed by atoms with van der Waals surface area (Å²) in [4.78, 5) is 27.1. The Bertz CT molecular complexity index is 1110. The van der Waals surface area contributed by atoms with Crippen LogP contribution in [-0.2, 0) is 32.4 Å². The van der Waals surface area contributed by atoms with Crippen molar-refractivity contribution in [1.82, 2.24) is 5.32 Å². The highest BCUT2D eigenvalue weighted by molar-refractivity contribution is 7.92. The van der Waals surface area contributed by atoms with Crippen LogP contribution in [0.3, 0.4) is 0 Å². The molecule has 0 saturated heterocycles. The average molecular weight is 494 g/mol. The summed E-state index contributed by atoms with van der Waals surface area (Å²) >= 11 is 1.41. The zero-order valence-corrected chi connectivity index (χ0v) is 20.9. The molecule has 0 unspecified atom stereocenters. The van der Waals surface area contributed by atoms with Crippen molar-refractivity contribution in [3.05, 3.63) is 45.8 Å². The van der Waals surface area contributed by atoms with Crippen LogP contribution in [0, 0.1) is 6.92 Å². The Kier molecular flexibility index (Phi) is 8.50. The molecule has 180 valence electrons. The number of nitrogens with zero attached hydrogens (tertiary/aromatic N) is 1. The molecular formula is C23H31N3O5S2. The molecule has 0 aliphatic heterocycles. The first-order chi connectivity index (χ1) is 15.7. The quantitative estimate of drug-likeness (QED) is 0.495. The van der Waals surface area contributed by atoms with E-state index in [0.717, 1.165) is 52.2 Å². The van der Waals surface area contributed by atoms with E-state index in [1.165, 1.54) is 11.3 Å². The predicted molar refractivity (Wildman–Crippen MR) is 132 cm³/mol. The van der Waals surface area contributed by atoms with E-state index in [9.17, 15) is 18.0 Å². The largest absolute Gasteiger partial charge is 0.385 e. The number of sulfonamides is 1. The summed E-state index contributed by atoms with van der Waals surface area (Å²) in [6, 6.07) is 7.02. The van der Waals surface area contributed by atoms with Crippen molar-refractivity contribution in [3.63, 3.8) is 0 Å². The Morgan fingerprint density at radius 2 is 1.91 bits per heavy atom. The van der Waals surface area contributed by atoms with Gasteiger partial charge in [0.15, 0.2) is 0 Å².